The summed E-state index contributed by atoms with van der Waals surface area (Å²) >= 11 is -2.64. The van der Waals surface area contributed by atoms with Gasteiger partial charge in [0.15, 0.2) is 0 Å². The van der Waals surface area contributed by atoms with Crippen molar-refractivity contribution in [3.8, 4) is 5.75 Å². The molecule has 0 spiro atoms. The fourth-order valence-electron chi connectivity index (χ4n) is 3.42. The van der Waals surface area contributed by atoms with Gasteiger partial charge in [0.05, 0.1) is 0 Å². The van der Waals surface area contributed by atoms with Crippen LogP contribution in [0.3, 0.4) is 0 Å². The molecule has 2 nitrogen and oxygen atoms in total. The second-order valence-corrected chi connectivity index (χ2v) is 18.5. The van der Waals surface area contributed by atoms with E-state index in [4.69, 9.17) is 3.07 Å². The van der Waals surface area contributed by atoms with Gasteiger partial charge in [0.1, 0.15) is 0 Å². The van der Waals surface area contributed by atoms with Crippen LogP contribution in [0.1, 0.15) is 59.3 Å². The monoisotopic (exact) mass is 435 g/mol. The predicted octanol–water partition coefficient (Wildman–Crippen LogP) is 6.96. The normalized spacial score (nSPS) is 11.8. The number of hydrogen-bond acceptors (Lipinski definition) is 2. The second kappa shape index (κ2) is 10.3. The molecule has 132 valence electrons. The van der Waals surface area contributed by atoms with E-state index >= 15 is 0 Å². The molecule has 1 aromatic carbocycles. The molecular weight excluding hydrogens is 401 g/mol. The zero-order valence-corrected chi connectivity index (χ0v) is 18.5. The van der Waals surface area contributed by atoms with Crippen LogP contribution in [0.15, 0.2) is 36.5 Å². The van der Waals surface area contributed by atoms with Crippen molar-refractivity contribution < 1.29 is 3.07 Å². The molecule has 0 bridgehead atoms. The first-order chi connectivity index (χ1) is 11.7. The van der Waals surface area contributed by atoms with E-state index in [-0.39, 0.29) is 0 Å². The second-order valence-electron chi connectivity index (χ2n) is 6.93. The molecule has 0 fully saturated rings. The maximum atomic E-state index is 6.97. The summed E-state index contributed by atoms with van der Waals surface area (Å²) < 4.78 is 11.0. The Kier molecular flexibility index (Phi) is 8.37. The third-order valence-corrected chi connectivity index (χ3v) is 17.6. The van der Waals surface area contributed by atoms with Gasteiger partial charge in [0, 0.05) is 0 Å². The molecule has 0 unspecified atom stereocenters. The number of hydrogen-bond donors (Lipinski definition) is 0. The maximum absolute atomic E-state index is 6.97. The van der Waals surface area contributed by atoms with Gasteiger partial charge in [-0.25, -0.2) is 0 Å². The number of benzene rings is 1. The standard InChI is InChI=1S/C9H7NO.3C4H9.Sn/c11-8-5-1-3-7-4-2-6-10-9(7)8;3*1-3-4-2;/h1-6,11H;3*1,3-4H2,2H3;/q;;;;+1/p-1. The predicted molar refractivity (Wildman–Crippen MR) is 107 cm³/mol. The van der Waals surface area contributed by atoms with Gasteiger partial charge in [-0.1, -0.05) is 0 Å². The summed E-state index contributed by atoms with van der Waals surface area (Å²) in [5.41, 5.74) is 1.05. The van der Waals surface area contributed by atoms with Gasteiger partial charge >= 0.3 is 153 Å². The molecule has 0 radical (unpaired) electrons. The van der Waals surface area contributed by atoms with Crippen molar-refractivity contribution in [3.05, 3.63) is 36.5 Å². The minimum absolute atomic E-state index is 1.05. The van der Waals surface area contributed by atoms with E-state index in [9.17, 15) is 0 Å². The molecule has 24 heavy (non-hydrogen) atoms. The van der Waals surface area contributed by atoms with Crippen LogP contribution in [-0.2, 0) is 0 Å². The van der Waals surface area contributed by atoms with Crippen molar-refractivity contribution in [2.75, 3.05) is 0 Å². The van der Waals surface area contributed by atoms with E-state index in [0.29, 0.717) is 0 Å². The molecule has 0 N–H and O–H groups in total. The van der Waals surface area contributed by atoms with Crippen LogP contribution in [0.25, 0.3) is 10.9 Å². The molecule has 1 aromatic heterocycles. The van der Waals surface area contributed by atoms with Crippen LogP contribution in [0.2, 0.25) is 13.3 Å². The summed E-state index contributed by atoms with van der Waals surface area (Å²) in [5, 5.41) is 1.19. The third-order valence-electron chi connectivity index (χ3n) is 4.88. The quantitative estimate of drug-likeness (QED) is 0.357. The SMILES string of the molecule is CCC[CH2][Sn]([CH2]CCC)([CH2]CCC)[O]c1cccc2cccnc12. The molecule has 2 aromatic rings. The Hall–Kier alpha value is -0.771. The number of unbranched alkanes of at least 4 members (excludes halogenated alkanes) is 3. The Labute approximate surface area is 152 Å². The first-order valence-electron chi connectivity index (χ1n) is 9.77. The van der Waals surface area contributed by atoms with Crippen molar-refractivity contribution in [1.82, 2.24) is 4.98 Å². The number of rotatable bonds is 11. The number of fused-ring (bicyclic) bond motifs is 1. The molecule has 0 saturated carbocycles. The molecule has 0 atom stereocenters. The van der Waals surface area contributed by atoms with Gasteiger partial charge in [-0.15, -0.1) is 0 Å². The zero-order valence-electron chi connectivity index (χ0n) is 15.7. The van der Waals surface area contributed by atoms with E-state index in [2.05, 4.69) is 50.0 Å². The molecule has 1 heterocycles. The van der Waals surface area contributed by atoms with Crippen LogP contribution in [0, 0.1) is 0 Å². The van der Waals surface area contributed by atoms with Crippen molar-refractivity contribution in [2.24, 2.45) is 0 Å². The molecule has 0 aliphatic rings. The van der Waals surface area contributed by atoms with E-state index in [1.165, 1.54) is 57.2 Å². The first kappa shape index (κ1) is 19.6. The zero-order chi connectivity index (χ0) is 17.3. The van der Waals surface area contributed by atoms with Gasteiger partial charge in [-0.05, 0) is 0 Å². The van der Waals surface area contributed by atoms with Gasteiger partial charge in [-0.3, -0.25) is 0 Å². The molecule has 0 aliphatic carbocycles. The summed E-state index contributed by atoms with van der Waals surface area (Å²) in [6, 6.07) is 10.5. The van der Waals surface area contributed by atoms with Crippen LogP contribution < -0.4 is 3.07 Å². The average Bonchev–Trinajstić information content (AvgIpc) is 2.63. The number of aromatic nitrogens is 1. The van der Waals surface area contributed by atoms with Crippen LogP contribution in [-0.4, -0.2) is 23.8 Å². The van der Waals surface area contributed by atoms with Crippen molar-refractivity contribution >= 4 is 29.7 Å². The van der Waals surface area contributed by atoms with E-state index in [1.54, 1.807) is 0 Å². The average molecular weight is 434 g/mol. The summed E-state index contributed by atoms with van der Waals surface area (Å²) in [5.74, 6) is 1.05. The van der Waals surface area contributed by atoms with Crippen LogP contribution >= 0.6 is 0 Å². The van der Waals surface area contributed by atoms with Crippen LogP contribution in [0.4, 0.5) is 0 Å². The van der Waals surface area contributed by atoms with Crippen molar-refractivity contribution in [1.29, 1.82) is 0 Å². The Morgan fingerprint density at radius 2 is 1.42 bits per heavy atom. The Balaban J connectivity index is 2.32. The van der Waals surface area contributed by atoms with Gasteiger partial charge in [0.2, 0.25) is 0 Å². The number of pyridine rings is 1. The van der Waals surface area contributed by atoms with E-state index in [0.717, 1.165) is 11.3 Å². The molecule has 0 aliphatic heterocycles. The Morgan fingerprint density at radius 1 is 0.833 bits per heavy atom. The van der Waals surface area contributed by atoms with Crippen molar-refractivity contribution in [3.63, 3.8) is 0 Å². The van der Waals surface area contributed by atoms with Gasteiger partial charge < -0.3 is 0 Å². The molecular formula is C21H33NOSn. The molecule has 0 saturated heterocycles. The fraction of sp³-hybridized carbons (Fsp3) is 0.571. The first-order valence-corrected chi connectivity index (χ1v) is 17.0. The minimum atomic E-state index is -2.64. The summed E-state index contributed by atoms with van der Waals surface area (Å²) in [4.78, 5) is 4.61. The molecule has 2 rings (SSSR count). The third kappa shape index (κ3) is 5.37. The fourth-order valence-corrected chi connectivity index (χ4v) is 16.8. The summed E-state index contributed by atoms with van der Waals surface area (Å²) in [6.45, 7) is 6.90. The number of para-hydroxylation sites is 1. The van der Waals surface area contributed by atoms with Gasteiger partial charge in [0.25, 0.3) is 0 Å². The van der Waals surface area contributed by atoms with Gasteiger partial charge in [-0.2, -0.15) is 0 Å². The van der Waals surface area contributed by atoms with Crippen LogP contribution in [0.5, 0.6) is 5.75 Å². The molecule has 3 heteroatoms. The Morgan fingerprint density at radius 3 is 2.00 bits per heavy atom. The van der Waals surface area contributed by atoms with E-state index < -0.39 is 18.8 Å². The Bertz CT molecular complexity index is 587. The summed E-state index contributed by atoms with van der Waals surface area (Å²) in [6.07, 6.45) is 9.66. The van der Waals surface area contributed by atoms with E-state index in [1.807, 2.05) is 12.3 Å². The molecule has 0 amide bonds. The number of nitrogens with zero attached hydrogens (tertiary/aromatic N) is 1. The topological polar surface area (TPSA) is 22.1 Å². The van der Waals surface area contributed by atoms with Crippen molar-refractivity contribution in [2.45, 2.75) is 72.6 Å². The summed E-state index contributed by atoms with van der Waals surface area (Å²) in [7, 11) is 0.